The zero-order valence-corrected chi connectivity index (χ0v) is 29.9. The van der Waals surface area contributed by atoms with E-state index >= 15 is 0 Å². The van der Waals surface area contributed by atoms with Crippen LogP contribution in [-0.2, 0) is 13.6 Å². The van der Waals surface area contributed by atoms with E-state index < -0.39 is 8.60 Å². The Morgan fingerprint density at radius 1 is 0.659 bits per heavy atom. The van der Waals surface area contributed by atoms with Gasteiger partial charge in [0.1, 0.15) is 11.5 Å². The fourth-order valence-corrected chi connectivity index (χ4v) is 7.65. The summed E-state index contributed by atoms with van der Waals surface area (Å²) < 4.78 is 20.1. The van der Waals surface area contributed by atoms with E-state index in [0.717, 1.165) is 37.2 Å². The molecule has 0 aromatic carbocycles. The molecule has 6 rings (SSSR count). The van der Waals surface area contributed by atoms with Crippen molar-refractivity contribution < 1.29 is 13.6 Å². The predicted molar refractivity (Wildman–Crippen MR) is 177 cm³/mol. The van der Waals surface area contributed by atoms with E-state index in [0.29, 0.717) is 6.61 Å². The van der Waals surface area contributed by atoms with Crippen LogP contribution in [0.15, 0.2) is 47.0 Å². The fraction of sp³-hybridized carbons (Fsp3) is 0.784. The molecule has 4 bridgehead atoms. The average Bonchev–Trinajstić information content (AvgIpc) is 2.81. The highest BCUT2D eigenvalue weighted by Crippen LogP contribution is 2.64. The van der Waals surface area contributed by atoms with Crippen molar-refractivity contribution in [2.24, 2.45) is 32.5 Å². The molecule has 4 heteroatoms. The molecule has 0 radical (unpaired) electrons. The molecule has 41 heavy (non-hydrogen) atoms. The molecular formula is C37H63O3P. The second-order valence-corrected chi connectivity index (χ2v) is 18.2. The third kappa shape index (κ3) is 7.92. The molecule has 0 saturated heterocycles. The molecular weight excluding hydrogens is 523 g/mol. The maximum Gasteiger partial charge on any atom is 0.463 e. The van der Waals surface area contributed by atoms with Crippen LogP contribution < -0.4 is 0 Å². The Hall–Kier alpha value is -1.05. The molecule has 2 aliphatic carbocycles. The quantitative estimate of drug-likeness (QED) is 0.209. The van der Waals surface area contributed by atoms with Gasteiger partial charge in [-0.15, -0.1) is 0 Å². The van der Waals surface area contributed by atoms with Crippen molar-refractivity contribution in [1.82, 2.24) is 0 Å². The van der Waals surface area contributed by atoms with Gasteiger partial charge in [0.2, 0.25) is 0 Å². The summed E-state index contributed by atoms with van der Waals surface area (Å²) in [6.45, 7) is 31.4. The van der Waals surface area contributed by atoms with Crippen molar-refractivity contribution >= 4 is 8.60 Å². The first-order valence-electron chi connectivity index (χ1n) is 16.4. The van der Waals surface area contributed by atoms with Crippen LogP contribution in [0.25, 0.3) is 0 Å². The summed E-state index contributed by atoms with van der Waals surface area (Å²) in [7, 11) is -1.59. The lowest BCUT2D eigenvalue weighted by Crippen LogP contribution is -2.46. The van der Waals surface area contributed by atoms with E-state index in [2.05, 4.69) is 114 Å². The van der Waals surface area contributed by atoms with Crippen molar-refractivity contribution in [3.05, 3.63) is 47.0 Å². The van der Waals surface area contributed by atoms with Gasteiger partial charge >= 0.3 is 8.60 Å². The zero-order chi connectivity index (χ0) is 30.9. The highest BCUT2D eigenvalue weighted by molar-refractivity contribution is 7.42. The summed E-state index contributed by atoms with van der Waals surface area (Å²) in [5.41, 5.74) is 2.57. The van der Waals surface area contributed by atoms with Gasteiger partial charge in [0.05, 0.1) is 6.61 Å². The number of unbranched alkanes of at least 4 members (excludes halogenated alkanes) is 5. The minimum atomic E-state index is -1.59. The van der Waals surface area contributed by atoms with Gasteiger partial charge in [-0.1, -0.05) is 134 Å². The van der Waals surface area contributed by atoms with Crippen LogP contribution in [0.1, 0.15) is 148 Å². The molecule has 3 nitrogen and oxygen atoms in total. The number of rotatable bonds is 8. The Labute approximate surface area is 255 Å². The smallest absolute Gasteiger partial charge is 0.418 e. The Kier molecular flexibility index (Phi) is 10.5. The SMILES string of the molecule is CCCCCCCCOP1OC2=CCC(C(C)(C)C)(C=C2C(C)(C)C)CC2(C(C)(C)C)C=C(C(C)(C)C)C(=CC2)O1. The molecule has 6 aliphatic rings. The fourth-order valence-electron chi connectivity index (χ4n) is 6.57. The van der Waals surface area contributed by atoms with E-state index in [1.165, 1.54) is 43.3 Å². The zero-order valence-electron chi connectivity index (χ0n) is 29.1. The molecule has 4 aliphatic heterocycles. The minimum Gasteiger partial charge on any atom is -0.418 e. The van der Waals surface area contributed by atoms with Crippen LogP contribution in [0.4, 0.5) is 0 Å². The summed E-state index contributed by atoms with van der Waals surface area (Å²) in [4.78, 5) is 0. The third-order valence-corrected chi connectivity index (χ3v) is 11.0. The molecule has 4 heterocycles. The van der Waals surface area contributed by atoms with Crippen LogP contribution in [-0.4, -0.2) is 6.61 Å². The highest BCUT2D eigenvalue weighted by Gasteiger charge is 2.53. The molecule has 0 aromatic rings. The first-order chi connectivity index (χ1) is 18.7. The normalized spacial score (nSPS) is 27.6. The number of allylic oxidation sites excluding steroid dienone is 6. The minimum absolute atomic E-state index is 0.0112. The maximum atomic E-state index is 6.80. The van der Waals surface area contributed by atoms with Crippen molar-refractivity contribution in [1.29, 1.82) is 0 Å². The molecule has 2 unspecified atom stereocenters. The number of hydrogen-bond donors (Lipinski definition) is 0. The number of hydrogen-bond acceptors (Lipinski definition) is 3. The Balaban J connectivity index is 2.13. The van der Waals surface area contributed by atoms with E-state index in [1.54, 1.807) is 0 Å². The van der Waals surface area contributed by atoms with Gasteiger partial charge in [-0.25, -0.2) is 0 Å². The third-order valence-electron chi connectivity index (χ3n) is 9.95. The summed E-state index contributed by atoms with van der Waals surface area (Å²) >= 11 is 0. The van der Waals surface area contributed by atoms with Crippen LogP contribution >= 0.6 is 8.60 Å². The molecule has 0 spiro atoms. The van der Waals surface area contributed by atoms with Crippen LogP contribution in [0.2, 0.25) is 0 Å². The highest BCUT2D eigenvalue weighted by atomic mass is 31.2. The Morgan fingerprint density at radius 2 is 1.07 bits per heavy atom. The monoisotopic (exact) mass is 586 g/mol. The topological polar surface area (TPSA) is 27.7 Å². The van der Waals surface area contributed by atoms with E-state index in [9.17, 15) is 0 Å². The average molecular weight is 587 g/mol. The predicted octanol–water partition coefficient (Wildman–Crippen LogP) is 12.6. The molecule has 0 aromatic heterocycles. The molecule has 234 valence electrons. The van der Waals surface area contributed by atoms with E-state index in [4.69, 9.17) is 13.6 Å². The van der Waals surface area contributed by atoms with Crippen LogP contribution in [0, 0.1) is 32.5 Å². The van der Waals surface area contributed by atoms with Crippen molar-refractivity contribution in [2.75, 3.05) is 6.61 Å². The molecule has 0 amide bonds. The van der Waals surface area contributed by atoms with Crippen molar-refractivity contribution in [3.8, 4) is 0 Å². The van der Waals surface area contributed by atoms with Crippen LogP contribution in [0.3, 0.4) is 0 Å². The summed E-state index contributed by atoms with van der Waals surface area (Å²) in [6, 6.07) is 0. The molecule has 0 fully saturated rings. The Bertz CT molecular complexity index is 960. The second-order valence-electron chi connectivity index (χ2n) is 17.2. The van der Waals surface area contributed by atoms with Gasteiger partial charge < -0.3 is 9.05 Å². The van der Waals surface area contributed by atoms with E-state index in [1.807, 2.05) is 0 Å². The largest absolute Gasteiger partial charge is 0.463 e. The molecule has 0 saturated carbocycles. The van der Waals surface area contributed by atoms with Gasteiger partial charge in [0.25, 0.3) is 0 Å². The first-order valence-corrected chi connectivity index (χ1v) is 17.5. The van der Waals surface area contributed by atoms with Crippen molar-refractivity contribution in [2.45, 2.75) is 148 Å². The van der Waals surface area contributed by atoms with Gasteiger partial charge in [-0.3, -0.25) is 4.52 Å². The lowest BCUT2D eigenvalue weighted by molar-refractivity contribution is 0.0214. The maximum absolute atomic E-state index is 6.80. The van der Waals surface area contributed by atoms with Gasteiger partial charge in [-0.05, 0) is 81.5 Å². The molecule has 2 atom stereocenters. The van der Waals surface area contributed by atoms with Gasteiger partial charge in [0.15, 0.2) is 0 Å². The van der Waals surface area contributed by atoms with Gasteiger partial charge in [-0.2, -0.15) is 0 Å². The lowest BCUT2D eigenvalue weighted by Gasteiger charge is -2.56. The van der Waals surface area contributed by atoms with Crippen LogP contribution in [0.5, 0.6) is 0 Å². The summed E-state index contributed by atoms with van der Waals surface area (Å²) in [5, 5.41) is 0. The summed E-state index contributed by atoms with van der Waals surface area (Å²) in [5.74, 6) is 1.91. The standard InChI is InChI=1S/C37H63O3P/c1-14-15-16-17-18-19-24-38-41-39-30-20-22-36(34(8,9)10,25-28(30)32(2,3)4)27-37(35(11,12)13)23-21-31(40-41)29(26-37)33(5,6)7/h20-21,25-26H,14-19,22-24,27H2,1-13H3. The van der Waals surface area contributed by atoms with Gasteiger partial charge in [0, 0.05) is 0 Å². The summed E-state index contributed by atoms with van der Waals surface area (Å²) in [6.07, 6.45) is 20.4. The molecule has 0 N–H and O–H groups in total. The Morgan fingerprint density at radius 3 is 1.46 bits per heavy atom. The first kappa shape index (κ1) is 34.4. The lowest BCUT2D eigenvalue weighted by atomic mass is 9.49. The van der Waals surface area contributed by atoms with E-state index in [-0.39, 0.29) is 32.5 Å². The van der Waals surface area contributed by atoms with Crippen molar-refractivity contribution in [3.63, 3.8) is 0 Å². The second kappa shape index (κ2) is 12.5.